The van der Waals surface area contributed by atoms with E-state index in [0.29, 0.717) is 0 Å². The van der Waals surface area contributed by atoms with Crippen LogP contribution in [-0.2, 0) is 15.2 Å². The van der Waals surface area contributed by atoms with E-state index < -0.39 is 11.0 Å². The number of thiol groups is 1. The highest BCUT2D eigenvalue weighted by Crippen LogP contribution is 1.70. The minimum absolute atomic E-state index is 0. The zero-order valence-corrected chi connectivity index (χ0v) is 6.68. The Labute approximate surface area is 53.5 Å². The van der Waals surface area contributed by atoms with Crippen molar-refractivity contribution in [1.29, 1.82) is 0 Å². The number of hydrogen-bond donors (Lipinski definition) is 1. The van der Waals surface area contributed by atoms with Gasteiger partial charge in [-0.1, -0.05) is 6.08 Å². The molecule has 0 amide bonds. The van der Waals surface area contributed by atoms with E-state index in [0.717, 1.165) is 0 Å². The van der Waals surface area contributed by atoms with Gasteiger partial charge in [0.25, 0.3) is 11.0 Å². The summed E-state index contributed by atoms with van der Waals surface area (Å²) < 4.78 is 23.1. The summed E-state index contributed by atoms with van der Waals surface area (Å²) in [7, 11) is -2.68. The van der Waals surface area contributed by atoms with Gasteiger partial charge in [0.15, 0.2) is 0 Å². The molecule has 0 radical (unpaired) electrons. The molecule has 0 spiro atoms. The molecule has 0 aromatic rings. The molecule has 1 atom stereocenters. The van der Waals surface area contributed by atoms with Gasteiger partial charge in [-0.3, -0.25) is 4.18 Å². The molecular formula is C3H9O3PS. The van der Waals surface area contributed by atoms with Gasteiger partial charge < -0.3 is 0 Å². The van der Waals surface area contributed by atoms with Gasteiger partial charge >= 0.3 is 0 Å². The molecule has 8 heavy (non-hydrogen) atoms. The van der Waals surface area contributed by atoms with Gasteiger partial charge in [0.1, 0.15) is 0 Å². The predicted molar refractivity (Wildman–Crippen MR) is 37.6 cm³/mol. The van der Waals surface area contributed by atoms with Crippen LogP contribution in [0.15, 0.2) is 12.7 Å². The third-order valence-corrected chi connectivity index (χ3v) is 0.658. The largest absolute Gasteiger partial charge is 0.268 e. The average Bonchev–Trinajstić information content (AvgIpc) is 1.61. The molecule has 0 fully saturated rings. The van der Waals surface area contributed by atoms with Crippen LogP contribution in [0.5, 0.6) is 0 Å². The zero-order valence-electron chi connectivity index (χ0n) is 4.37. The molecule has 50 valence electrons. The number of hydrogen-bond acceptors (Lipinski definition) is 3. The van der Waals surface area contributed by atoms with Gasteiger partial charge in [0.2, 0.25) is 0 Å². The normalized spacial score (nSPS) is 8.12. The Morgan fingerprint density at radius 1 is 1.62 bits per heavy atom. The quantitative estimate of drug-likeness (QED) is 0.349. The van der Waals surface area contributed by atoms with Crippen LogP contribution in [0.3, 0.4) is 0 Å². The molecule has 1 unspecified atom stereocenters. The van der Waals surface area contributed by atoms with Gasteiger partial charge in [0.05, 0.1) is 6.61 Å². The standard InChI is InChI=1S/C3H6O3S.H3P/c1-2-3-6-7(4)5;/h2,7H,1,3H2;1H3. The lowest BCUT2D eigenvalue weighted by molar-refractivity contribution is 0.375. The first kappa shape index (κ1) is 11.0. The molecule has 3 nitrogen and oxygen atoms in total. The molecule has 0 aliphatic carbocycles. The third-order valence-electron chi connectivity index (χ3n) is 0.298. The molecule has 0 rings (SSSR count). The van der Waals surface area contributed by atoms with E-state index in [4.69, 9.17) is 0 Å². The summed E-state index contributed by atoms with van der Waals surface area (Å²) in [6.07, 6.45) is 1.37. The van der Waals surface area contributed by atoms with Crippen LogP contribution in [0.1, 0.15) is 0 Å². The Morgan fingerprint density at radius 2 is 2.12 bits per heavy atom. The van der Waals surface area contributed by atoms with Gasteiger partial charge in [-0.15, -0.1) is 6.58 Å². The maximum absolute atomic E-state index is 9.53. The van der Waals surface area contributed by atoms with Gasteiger partial charge in [0, 0.05) is 0 Å². The fraction of sp³-hybridized carbons (Fsp3) is 0.333. The van der Waals surface area contributed by atoms with Crippen LogP contribution in [-0.4, -0.2) is 15.0 Å². The smallest absolute Gasteiger partial charge is 0.257 e. The highest BCUT2D eigenvalue weighted by molar-refractivity contribution is 7.67. The summed E-state index contributed by atoms with van der Waals surface area (Å²) in [6, 6.07) is 0. The summed E-state index contributed by atoms with van der Waals surface area (Å²) in [5.41, 5.74) is 0. The number of rotatable bonds is 3. The van der Waals surface area contributed by atoms with Crippen molar-refractivity contribution in [1.82, 2.24) is 0 Å². The van der Waals surface area contributed by atoms with Crippen molar-refractivity contribution < 1.29 is 12.6 Å². The summed E-state index contributed by atoms with van der Waals surface area (Å²) in [6.45, 7) is 3.31. The molecule has 0 aromatic carbocycles. The molecule has 0 aliphatic heterocycles. The first-order valence-electron chi connectivity index (χ1n) is 1.65. The van der Waals surface area contributed by atoms with E-state index in [1.54, 1.807) is 0 Å². The molecule has 0 saturated heterocycles. The van der Waals surface area contributed by atoms with Gasteiger partial charge in [-0.05, 0) is 0 Å². The van der Waals surface area contributed by atoms with Crippen molar-refractivity contribution in [2.45, 2.75) is 0 Å². The van der Waals surface area contributed by atoms with E-state index in [9.17, 15) is 8.42 Å². The Bertz CT molecular complexity index is 112. The van der Waals surface area contributed by atoms with E-state index in [1.807, 2.05) is 0 Å². The first-order chi connectivity index (χ1) is 3.27. The summed E-state index contributed by atoms with van der Waals surface area (Å²) in [5.74, 6) is 0. The van der Waals surface area contributed by atoms with E-state index in [2.05, 4.69) is 10.8 Å². The zero-order chi connectivity index (χ0) is 5.70. The Morgan fingerprint density at radius 3 is 2.25 bits per heavy atom. The predicted octanol–water partition coefficient (Wildman–Crippen LogP) is -0.226. The fourth-order valence-electron chi connectivity index (χ4n) is 0.114. The third kappa shape index (κ3) is 9.43. The lowest BCUT2D eigenvalue weighted by atomic mass is 10.7. The molecule has 0 heterocycles. The lowest BCUT2D eigenvalue weighted by Gasteiger charge is -1.80. The Kier molecular flexibility index (Phi) is 9.70. The topological polar surface area (TPSA) is 43.4 Å². The van der Waals surface area contributed by atoms with E-state index >= 15 is 0 Å². The monoisotopic (exact) mass is 156 g/mol. The summed E-state index contributed by atoms with van der Waals surface area (Å²) in [5, 5.41) is 0. The van der Waals surface area contributed by atoms with E-state index in [-0.39, 0.29) is 16.5 Å². The van der Waals surface area contributed by atoms with Crippen molar-refractivity contribution in [3.05, 3.63) is 12.7 Å². The molecule has 0 N–H and O–H groups in total. The second kappa shape index (κ2) is 7.08. The molecule has 0 saturated carbocycles. The van der Waals surface area contributed by atoms with Crippen LogP contribution in [0.2, 0.25) is 0 Å². The van der Waals surface area contributed by atoms with Crippen LogP contribution >= 0.6 is 9.90 Å². The highest BCUT2D eigenvalue weighted by atomic mass is 32.2. The molecule has 0 aliphatic rings. The first-order valence-corrected chi connectivity index (χ1v) is 2.75. The summed E-state index contributed by atoms with van der Waals surface area (Å²) in [4.78, 5) is 0. The average molecular weight is 156 g/mol. The second-order valence-corrected chi connectivity index (χ2v) is 1.51. The minimum atomic E-state index is -2.68. The molecule has 5 heteroatoms. The van der Waals surface area contributed by atoms with Crippen molar-refractivity contribution >= 4 is 20.9 Å². The van der Waals surface area contributed by atoms with Crippen LogP contribution in [0.25, 0.3) is 0 Å². The van der Waals surface area contributed by atoms with Gasteiger partial charge in [-0.2, -0.15) is 9.90 Å². The molecular weight excluding hydrogens is 147 g/mol. The Hall–Kier alpha value is 0.0800. The minimum Gasteiger partial charge on any atom is -0.268 e. The van der Waals surface area contributed by atoms with Crippen LogP contribution in [0, 0.1) is 0 Å². The van der Waals surface area contributed by atoms with Crippen molar-refractivity contribution in [3.63, 3.8) is 0 Å². The maximum Gasteiger partial charge on any atom is 0.257 e. The van der Waals surface area contributed by atoms with E-state index in [1.165, 1.54) is 6.08 Å². The molecule has 0 aromatic heterocycles. The highest BCUT2D eigenvalue weighted by Gasteiger charge is 1.75. The van der Waals surface area contributed by atoms with Crippen molar-refractivity contribution in [2.75, 3.05) is 6.61 Å². The fourth-order valence-corrected chi connectivity index (χ4v) is 0.341. The maximum atomic E-state index is 9.53. The van der Waals surface area contributed by atoms with Gasteiger partial charge in [-0.25, -0.2) is 8.42 Å². The lowest BCUT2D eigenvalue weighted by Crippen LogP contribution is -1.85. The molecule has 0 bridgehead atoms. The second-order valence-electron chi connectivity index (χ2n) is 0.808. The summed E-state index contributed by atoms with van der Waals surface area (Å²) >= 11 is 0. The van der Waals surface area contributed by atoms with Crippen LogP contribution in [0.4, 0.5) is 0 Å². The Balaban J connectivity index is 0. The van der Waals surface area contributed by atoms with Crippen LogP contribution < -0.4 is 0 Å². The van der Waals surface area contributed by atoms with Crippen molar-refractivity contribution in [3.8, 4) is 0 Å². The van der Waals surface area contributed by atoms with Crippen molar-refractivity contribution in [2.24, 2.45) is 0 Å². The SMILES string of the molecule is C=CCO[SH](=O)=O.P.